The van der Waals surface area contributed by atoms with E-state index in [-0.39, 0.29) is 11.7 Å². The Morgan fingerprint density at radius 1 is 1.19 bits per heavy atom. The molecule has 3 rings (SSSR count). The molecule has 0 unspecified atom stereocenters. The maximum Gasteiger partial charge on any atom is 0.253 e. The predicted molar refractivity (Wildman–Crippen MR) is 101 cm³/mol. The molecule has 1 heterocycles. The molecule has 1 aromatic heterocycles. The van der Waals surface area contributed by atoms with Crippen molar-refractivity contribution in [2.24, 2.45) is 0 Å². The maximum atomic E-state index is 13.1. The molecule has 26 heavy (non-hydrogen) atoms. The van der Waals surface area contributed by atoms with Gasteiger partial charge in [-0.3, -0.25) is 4.79 Å². The topological polar surface area (TPSA) is 51.2 Å². The average molecular weight is 436 g/mol. The molecular weight excluding hydrogens is 423 g/mol. The van der Waals surface area contributed by atoms with Gasteiger partial charge in [0.25, 0.3) is 5.91 Å². The zero-order chi connectivity index (χ0) is 18.5. The molecule has 0 radical (unpaired) electrons. The van der Waals surface area contributed by atoms with Gasteiger partial charge in [-0.2, -0.15) is 0 Å². The Bertz CT molecular complexity index is 935. The third-order valence-corrected chi connectivity index (χ3v) is 4.25. The maximum absolute atomic E-state index is 13.1. The van der Waals surface area contributed by atoms with E-state index >= 15 is 0 Å². The van der Waals surface area contributed by atoms with E-state index in [1.54, 1.807) is 48.7 Å². The minimum atomic E-state index is -0.381. The zero-order valence-corrected chi connectivity index (χ0v) is 15.7. The second-order valence-electron chi connectivity index (χ2n) is 5.37. The number of carbonyl (C=O) groups is 1. The molecule has 1 amide bonds. The Hall–Kier alpha value is -2.44. The first-order valence-corrected chi connectivity index (χ1v) is 8.80. The smallest absolute Gasteiger partial charge is 0.253 e. The summed E-state index contributed by atoms with van der Waals surface area (Å²) in [6.07, 6.45) is 1.58. The number of ether oxygens (including phenoxy) is 1. The minimum Gasteiger partial charge on any atom is -0.439 e. The standard InChI is InChI=1S/C19H13BrClFN2O2/c20-13-5-6-16(17(21)8-13)19(25)24-11-12-4-7-18(23-10-12)26-15-3-1-2-14(22)9-15/h1-10H,11H2,(H,24,25). The van der Waals surface area contributed by atoms with Gasteiger partial charge in [0.15, 0.2) is 0 Å². The Balaban J connectivity index is 1.60. The molecule has 1 N–H and O–H groups in total. The van der Waals surface area contributed by atoms with Crippen LogP contribution in [-0.2, 0) is 6.54 Å². The molecule has 0 spiro atoms. The number of benzene rings is 2. The minimum absolute atomic E-state index is 0.275. The number of amides is 1. The fourth-order valence-electron chi connectivity index (χ4n) is 2.18. The lowest BCUT2D eigenvalue weighted by atomic mass is 10.2. The summed E-state index contributed by atoms with van der Waals surface area (Å²) in [6, 6.07) is 14.3. The zero-order valence-electron chi connectivity index (χ0n) is 13.4. The number of hydrogen-bond acceptors (Lipinski definition) is 3. The van der Waals surface area contributed by atoms with Crippen LogP contribution in [0.3, 0.4) is 0 Å². The first-order chi connectivity index (χ1) is 12.5. The molecule has 3 aromatic rings. The highest BCUT2D eigenvalue weighted by molar-refractivity contribution is 9.10. The summed E-state index contributed by atoms with van der Waals surface area (Å²) in [6.45, 7) is 0.290. The third kappa shape index (κ3) is 4.80. The molecule has 4 nitrogen and oxygen atoms in total. The number of hydrogen-bond donors (Lipinski definition) is 1. The number of aromatic nitrogens is 1. The van der Waals surface area contributed by atoms with E-state index in [2.05, 4.69) is 26.2 Å². The highest BCUT2D eigenvalue weighted by Gasteiger charge is 2.10. The third-order valence-electron chi connectivity index (χ3n) is 3.44. The summed E-state index contributed by atoms with van der Waals surface area (Å²) in [5.41, 5.74) is 1.19. The molecule has 132 valence electrons. The highest BCUT2D eigenvalue weighted by Crippen LogP contribution is 2.22. The molecule has 0 saturated carbocycles. The summed E-state index contributed by atoms with van der Waals surface area (Å²) in [5.74, 6) is 0.0427. The van der Waals surface area contributed by atoms with Gasteiger partial charge in [0.05, 0.1) is 10.6 Å². The fourth-order valence-corrected chi connectivity index (χ4v) is 2.94. The van der Waals surface area contributed by atoms with Crippen molar-refractivity contribution in [1.82, 2.24) is 10.3 Å². The van der Waals surface area contributed by atoms with Crippen LogP contribution in [0.15, 0.2) is 65.3 Å². The Labute approximate surface area is 163 Å². The number of halogens is 3. The number of nitrogens with one attached hydrogen (secondary N) is 1. The Morgan fingerprint density at radius 3 is 2.73 bits per heavy atom. The van der Waals surface area contributed by atoms with Crippen molar-refractivity contribution >= 4 is 33.4 Å². The van der Waals surface area contributed by atoms with Gasteiger partial charge < -0.3 is 10.1 Å². The van der Waals surface area contributed by atoms with Crippen LogP contribution in [-0.4, -0.2) is 10.9 Å². The van der Waals surface area contributed by atoms with Crippen LogP contribution in [0.25, 0.3) is 0 Å². The predicted octanol–water partition coefficient (Wildman–Crippen LogP) is 5.36. The van der Waals surface area contributed by atoms with Crippen molar-refractivity contribution in [1.29, 1.82) is 0 Å². The van der Waals surface area contributed by atoms with Crippen molar-refractivity contribution in [3.63, 3.8) is 0 Å². The van der Waals surface area contributed by atoms with Crippen LogP contribution in [0, 0.1) is 5.82 Å². The Morgan fingerprint density at radius 2 is 2.04 bits per heavy atom. The Kier molecular flexibility index (Phi) is 5.85. The summed E-state index contributed by atoms with van der Waals surface area (Å²) in [5, 5.41) is 3.15. The van der Waals surface area contributed by atoms with Crippen molar-refractivity contribution in [2.75, 3.05) is 0 Å². The van der Waals surface area contributed by atoms with Gasteiger partial charge in [-0.05, 0) is 35.9 Å². The number of nitrogens with zero attached hydrogens (tertiary/aromatic N) is 1. The molecule has 0 aliphatic heterocycles. The molecule has 2 aromatic carbocycles. The summed E-state index contributed by atoms with van der Waals surface area (Å²) in [4.78, 5) is 16.4. The molecule has 0 aliphatic carbocycles. The van der Waals surface area contributed by atoms with E-state index in [0.717, 1.165) is 10.0 Å². The van der Waals surface area contributed by atoms with Crippen molar-refractivity contribution in [2.45, 2.75) is 6.54 Å². The van der Waals surface area contributed by atoms with Gasteiger partial charge >= 0.3 is 0 Å². The van der Waals surface area contributed by atoms with E-state index in [1.165, 1.54) is 12.1 Å². The second-order valence-corrected chi connectivity index (χ2v) is 6.69. The van der Waals surface area contributed by atoms with Crippen molar-refractivity contribution in [3.05, 3.63) is 87.2 Å². The van der Waals surface area contributed by atoms with Crippen molar-refractivity contribution < 1.29 is 13.9 Å². The van der Waals surface area contributed by atoms with E-state index in [9.17, 15) is 9.18 Å². The van der Waals surface area contributed by atoms with E-state index < -0.39 is 0 Å². The number of carbonyl (C=O) groups excluding carboxylic acids is 1. The average Bonchev–Trinajstić information content (AvgIpc) is 2.61. The number of rotatable bonds is 5. The first-order valence-electron chi connectivity index (χ1n) is 7.63. The molecule has 0 bridgehead atoms. The SMILES string of the molecule is O=C(NCc1ccc(Oc2cccc(F)c2)nc1)c1ccc(Br)cc1Cl. The second kappa shape index (κ2) is 8.29. The lowest BCUT2D eigenvalue weighted by Crippen LogP contribution is -2.23. The van der Waals surface area contributed by atoms with Crippen LogP contribution >= 0.6 is 27.5 Å². The van der Waals surface area contributed by atoms with Crippen LogP contribution in [0.2, 0.25) is 5.02 Å². The number of pyridine rings is 1. The first kappa shape index (κ1) is 18.4. The largest absolute Gasteiger partial charge is 0.439 e. The van der Waals surface area contributed by atoms with E-state index in [1.807, 2.05) is 0 Å². The van der Waals surface area contributed by atoms with Crippen LogP contribution < -0.4 is 10.1 Å². The van der Waals surface area contributed by atoms with Gasteiger partial charge in [0.2, 0.25) is 5.88 Å². The molecule has 0 atom stereocenters. The van der Waals surface area contributed by atoms with Crippen LogP contribution in [0.5, 0.6) is 11.6 Å². The fraction of sp³-hybridized carbons (Fsp3) is 0.0526. The van der Waals surface area contributed by atoms with Gasteiger partial charge in [-0.15, -0.1) is 0 Å². The summed E-state index contributed by atoms with van der Waals surface area (Å²) >= 11 is 9.37. The van der Waals surface area contributed by atoms with Gasteiger partial charge in [0, 0.05) is 29.3 Å². The molecule has 7 heteroatoms. The van der Waals surface area contributed by atoms with Gasteiger partial charge in [-0.1, -0.05) is 39.7 Å². The molecule has 0 saturated heterocycles. The molecule has 0 aliphatic rings. The lowest BCUT2D eigenvalue weighted by Gasteiger charge is -2.08. The lowest BCUT2D eigenvalue weighted by molar-refractivity contribution is 0.0951. The van der Waals surface area contributed by atoms with E-state index in [4.69, 9.17) is 16.3 Å². The summed E-state index contributed by atoms with van der Waals surface area (Å²) in [7, 11) is 0. The summed E-state index contributed by atoms with van der Waals surface area (Å²) < 4.78 is 19.4. The van der Waals surface area contributed by atoms with Crippen LogP contribution in [0.1, 0.15) is 15.9 Å². The van der Waals surface area contributed by atoms with Gasteiger partial charge in [0.1, 0.15) is 11.6 Å². The normalized spacial score (nSPS) is 10.4. The van der Waals surface area contributed by atoms with Gasteiger partial charge in [-0.25, -0.2) is 9.37 Å². The molecular formula is C19H13BrClFN2O2. The van der Waals surface area contributed by atoms with Crippen molar-refractivity contribution in [3.8, 4) is 11.6 Å². The molecule has 0 fully saturated rings. The van der Waals surface area contributed by atoms with Crippen LogP contribution in [0.4, 0.5) is 4.39 Å². The monoisotopic (exact) mass is 434 g/mol. The van der Waals surface area contributed by atoms with E-state index in [0.29, 0.717) is 28.8 Å². The highest BCUT2D eigenvalue weighted by atomic mass is 79.9. The quantitative estimate of drug-likeness (QED) is 0.587.